The minimum absolute atomic E-state index is 0. The summed E-state index contributed by atoms with van der Waals surface area (Å²) in [6.45, 7) is 1.49. The highest BCUT2D eigenvalue weighted by Gasteiger charge is 1.94. The second-order valence-corrected chi connectivity index (χ2v) is 3.89. The van der Waals surface area contributed by atoms with Gasteiger partial charge in [-0.3, -0.25) is 0 Å². The van der Waals surface area contributed by atoms with E-state index in [2.05, 4.69) is 10.7 Å². The first kappa shape index (κ1) is 10.5. The van der Waals surface area contributed by atoms with Crippen LogP contribution in [0.1, 0.15) is 6.92 Å². The van der Waals surface area contributed by atoms with Gasteiger partial charge in [0.25, 0.3) is 0 Å². The van der Waals surface area contributed by atoms with Crippen LogP contribution < -0.4 is 0 Å². The van der Waals surface area contributed by atoms with Crippen LogP contribution >= 0.6 is 23.1 Å². The predicted octanol–water partition coefficient (Wildman–Crippen LogP) is 0.997. The highest BCUT2D eigenvalue weighted by Crippen LogP contribution is 1.91. The van der Waals surface area contributed by atoms with E-state index in [1.165, 1.54) is 6.92 Å². The molecule has 2 nitrogen and oxygen atoms in total. The van der Waals surface area contributed by atoms with Crippen molar-refractivity contribution in [2.45, 2.75) is 6.92 Å². The molecular weight excluding hydrogens is 159 g/mol. The topological polar surface area (TPSA) is 34.1 Å². The van der Waals surface area contributed by atoms with Crippen molar-refractivity contribution < 1.29 is 8.42 Å². The van der Waals surface area contributed by atoms with Gasteiger partial charge >= 0.3 is 0 Å². The van der Waals surface area contributed by atoms with E-state index in [-0.39, 0.29) is 18.2 Å². The maximum absolute atomic E-state index is 9.77. The van der Waals surface area contributed by atoms with Gasteiger partial charge in [-0.2, -0.15) is 0 Å². The summed E-state index contributed by atoms with van der Waals surface area (Å²) in [4.78, 5) is 0. The highest BCUT2D eigenvalue weighted by molar-refractivity contribution is 8.13. The van der Waals surface area contributed by atoms with E-state index in [9.17, 15) is 8.42 Å². The fourth-order valence-corrected chi connectivity index (χ4v) is 0. The fraction of sp³-hybridized carbons (Fsp3) is 1.00. The van der Waals surface area contributed by atoms with Gasteiger partial charge in [-0.25, -0.2) is 8.42 Å². The Morgan fingerprint density at radius 2 is 1.71 bits per heavy atom. The molecule has 0 bridgehead atoms. The van der Waals surface area contributed by atoms with E-state index < -0.39 is 9.05 Å². The second-order valence-electron chi connectivity index (χ2n) is 0.828. The third kappa shape index (κ3) is 10.8. The lowest BCUT2D eigenvalue weighted by Crippen LogP contribution is -1.88. The van der Waals surface area contributed by atoms with Gasteiger partial charge in [0.15, 0.2) is 0 Å². The van der Waals surface area contributed by atoms with E-state index in [1.54, 1.807) is 0 Å². The summed E-state index contributed by atoms with van der Waals surface area (Å²) in [7, 11) is 1.50. The van der Waals surface area contributed by atoms with Gasteiger partial charge in [0, 0.05) is 10.7 Å². The normalized spacial score (nSPS) is 10.0. The third-order valence-corrected chi connectivity index (χ3v) is 1.69. The standard InChI is InChI=1S/C2H5ClO2S.ClH/c1-2-6(3,4)5;/h2H2,1H3;1H. The fourth-order valence-electron chi connectivity index (χ4n) is 0. The third-order valence-electron chi connectivity index (χ3n) is 0.345. The van der Waals surface area contributed by atoms with Gasteiger partial charge in [-0.05, 0) is 0 Å². The van der Waals surface area contributed by atoms with Gasteiger partial charge in [0.05, 0.1) is 5.75 Å². The first-order chi connectivity index (χ1) is 2.56. The molecule has 0 radical (unpaired) electrons. The summed E-state index contributed by atoms with van der Waals surface area (Å²) in [5, 5.41) is 0. The lowest BCUT2D eigenvalue weighted by atomic mass is 11.0. The molecule has 0 N–H and O–H groups in total. The second kappa shape index (κ2) is 3.52. The maximum atomic E-state index is 9.77. The first-order valence-electron chi connectivity index (χ1n) is 1.48. The van der Waals surface area contributed by atoms with Crippen molar-refractivity contribution in [3.63, 3.8) is 0 Å². The largest absolute Gasteiger partial charge is 0.232 e. The van der Waals surface area contributed by atoms with E-state index >= 15 is 0 Å². The van der Waals surface area contributed by atoms with Gasteiger partial charge in [0.1, 0.15) is 0 Å². The van der Waals surface area contributed by atoms with Crippen LogP contribution in [-0.2, 0) is 9.05 Å². The molecule has 0 saturated carbocycles. The Balaban J connectivity index is 0. The SMILES string of the molecule is CCS(=O)(=O)Cl.Cl. The van der Waals surface area contributed by atoms with Crippen molar-refractivity contribution in [1.29, 1.82) is 0 Å². The molecular formula is C2H6Cl2O2S. The van der Waals surface area contributed by atoms with Crippen LogP contribution in [0, 0.1) is 0 Å². The number of rotatable bonds is 1. The minimum Gasteiger partial charge on any atom is -0.212 e. The quantitative estimate of drug-likeness (QED) is 0.543. The molecule has 0 aliphatic heterocycles. The molecule has 0 saturated heterocycles. The monoisotopic (exact) mass is 164 g/mol. The van der Waals surface area contributed by atoms with E-state index in [4.69, 9.17) is 0 Å². The van der Waals surface area contributed by atoms with Crippen LogP contribution in [-0.4, -0.2) is 14.2 Å². The predicted molar refractivity (Wildman–Crippen MR) is 32.6 cm³/mol. The molecule has 0 rings (SSSR count). The van der Waals surface area contributed by atoms with Crippen molar-refractivity contribution >= 4 is 32.1 Å². The van der Waals surface area contributed by atoms with Crippen molar-refractivity contribution in [1.82, 2.24) is 0 Å². The average molecular weight is 165 g/mol. The molecule has 0 aromatic carbocycles. The van der Waals surface area contributed by atoms with Crippen LogP contribution in [0.15, 0.2) is 0 Å². The van der Waals surface area contributed by atoms with Crippen LogP contribution in [0.3, 0.4) is 0 Å². The Morgan fingerprint density at radius 1 is 1.57 bits per heavy atom. The van der Waals surface area contributed by atoms with E-state index in [0.29, 0.717) is 0 Å². The Kier molecular flexibility index (Phi) is 5.28. The molecule has 0 aromatic rings. The van der Waals surface area contributed by atoms with Crippen LogP contribution in [0.5, 0.6) is 0 Å². The average Bonchev–Trinajstić information content (AvgIpc) is 1.35. The maximum Gasteiger partial charge on any atom is 0.232 e. The minimum atomic E-state index is -3.19. The van der Waals surface area contributed by atoms with Crippen molar-refractivity contribution in [2.75, 3.05) is 5.75 Å². The Morgan fingerprint density at radius 3 is 1.71 bits per heavy atom. The first-order valence-corrected chi connectivity index (χ1v) is 3.96. The summed E-state index contributed by atoms with van der Waals surface area (Å²) in [5.41, 5.74) is 0. The molecule has 0 aromatic heterocycles. The number of halogens is 2. The summed E-state index contributed by atoms with van der Waals surface area (Å²) >= 11 is 0. The highest BCUT2D eigenvalue weighted by atomic mass is 35.7. The van der Waals surface area contributed by atoms with Crippen molar-refractivity contribution in [2.24, 2.45) is 0 Å². The number of hydrogen-bond acceptors (Lipinski definition) is 2. The van der Waals surface area contributed by atoms with Crippen molar-refractivity contribution in [3.05, 3.63) is 0 Å². The van der Waals surface area contributed by atoms with Crippen molar-refractivity contribution in [3.8, 4) is 0 Å². The van der Waals surface area contributed by atoms with Gasteiger partial charge in [-0.1, -0.05) is 6.92 Å². The smallest absolute Gasteiger partial charge is 0.212 e. The molecule has 0 unspecified atom stereocenters. The molecule has 46 valence electrons. The van der Waals surface area contributed by atoms with Gasteiger partial charge in [0.2, 0.25) is 9.05 Å². The molecule has 0 fully saturated rings. The Hall–Kier alpha value is 0.530. The van der Waals surface area contributed by atoms with Crippen LogP contribution in [0.25, 0.3) is 0 Å². The zero-order chi connectivity index (χ0) is 5.21. The molecule has 5 heteroatoms. The summed E-state index contributed by atoms with van der Waals surface area (Å²) in [6.07, 6.45) is 0. The molecule has 0 spiro atoms. The molecule has 0 aliphatic rings. The van der Waals surface area contributed by atoms with Crippen LogP contribution in [0.4, 0.5) is 0 Å². The lowest BCUT2D eigenvalue weighted by molar-refractivity contribution is 0.610. The lowest BCUT2D eigenvalue weighted by Gasteiger charge is -1.77. The number of hydrogen-bond donors (Lipinski definition) is 0. The Labute approximate surface area is 53.7 Å². The zero-order valence-corrected chi connectivity index (χ0v) is 6.11. The Bertz CT molecular complexity index is 116. The van der Waals surface area contributed by atoms with Crippen LogP contribution in [0.2, 0.25) is 0 Å². The zero-order valence-electron chi connectivity index (χ0n) is 3.72. The van der Waals surface area contributed by atoms with Gasteiger partial charge in [-0.15, -0.1) is 12.4 Å². The summed E-state index contributed by atoms with van der Waals surface area (Å²) in [6, 6.07) is 0. The molecule has 0 aliphatic carbocycles. The molecule has 0 atom stereocenters. The summed E-state index contributed by atoms with van der Waals surface area (Å²) < 4.78 is 19.5. The van der Waals surface area contributed by atoms with E-state index in [0.717, 1.165) is 0 Å². The van der Waals surface area contributed by atoms with E-state index in [1.807, 2.05) is 0 Å². The van der Waals surface area contributed by atoms with Gasteiger partial charge < -0.3 is 0 Å². The summed E-state index contributed by atoms with van der Waals surface area (Å²) in [5.74, 6) is 0.00849. The molecule has 0 heterocycles. The molecule has 7 heavy (non-hydrogen) atoms. The molecule has 0 amide bonds.